The van der Waals surface area contributed by atoms with E-state index in [9.17, 15) is 0 Å². The molecule has 108 valence electrons. The van der Waals surface area contributed by atoms with Crippen LogP contribution in [0.15, 0.2) is 0 Å². The minimum atomic E-state index is -0.636. The largest absolute Gasteiger partial charge is 0.314 e. The first-order valence-corrected chi connectivity index (χ1v) is 7.89. The molecular formula is C16H29N3. The van der Waals surface area contributed by atoms with Gasteiger partial charge in [0.25, 0.3) is 0 Å². The lowest BCUT2D eigenvalue weighted by molar-refractivity contribution is 0.216. The van der Waals surface area contributed by atoms with E-state index in [-0.39, 0.29) is 0 Å². The van der Waals surface area contributed by atoms with E-state index in [1.807, 2.05) is 6.92 Å². The van der Waals surface area contributed by atoms with Gasteiger partial charge in [-0.2, -0.15) is 5.26 Å². The molecule has 0 aromatic carbocycles. The normalized spacial score (nSPS) is 32.5. The zero-order chi connectivity index (χ0) is 13.9. The lowest BCUT2D eigenvalue weighted by atomic mass is 9.88. The predicted octanol–water partition coefficient (Wildman–Crippen LogP) is 2.77. The summed E-state index contributed by atoms with van der Waals surface area (Å²) in [5.74, 6) is 3.04. The van der Waals surface area contributed by atoms with Crippen molar-refractivity contribution in [2.45, 2.75) is 57.4 Å². The summed E-state index contributed by atoms with van der Waals surface area (Å²) < 4.78 is 0. The van der Waals surface area contributed by atoms with Crippen molar-refractivity contribution < 1.29 is 0 Å². The standard InChI is InChI=1S/C16H29N3/c1-16(18,12-17)7-3-4-8-19(2)11-15-10-13-5-6-14(15)9-13/h13-15H,3-11,18H2,1-2H3. The van der Waals surface area contributed by atoms with Crippen LogP contribution in [0.5, 0.6) is 0 Å². The molecule has 0 aromatic rings. The maximum atomic E-state index is 8.87. The summed E-state index contributed by atoms with van der Waals surface area (Å²) in [6.45, 7) is 4.25. The third kappa shape index (κ3) is 4.19. The molecular weight excluding hydrogens is 234 g/mol. The van der Waals surface area contributed by atoms with Crippen molar-refractivity contribution in [2.24, 2.45) is 23.5 Å². The molecule has 2 bridgehead atoms. The van der Waals surface area contributed by atoms with Gasteiger partial charge in [0.2, 0.25) is 0 Å². The van der Waals surface area contributed by atoms with Crippen molar-refractivity contribution in [3.05, 3.63) is 0 Å². The summed E-state index contributed by atoms with van der Waals surface area (Å²) in [4.78, 5) is 2.49. The van der Waals surface area contributed by atoms with Crippen LogP contribution >= 0.6 is 0 Å². The van der Waals surface area contributed by atoms with Gasteiger partial charge in [-0.1, -0.05) is 6.42 Å². The van der Waals surface area contributed by atoms with Crippen LogP contribution in [0.25, 0.3) is 0 Å². The van der Waals surface area contributed by atoms with Crippen molar-refractivity contribution in [2.75, 3.05) is 20.1 Å². The van der Waals surface area contributed by atoms with Crippen LogP contribution in [-0.4, -0.2) is 30.6 Å². The van der Waals surface area contributed by atoms with Gasteiger partial charge >= 0.3 is 0 Å². The number of rotatable bonds is 7. The van der Waals surface area contributed by atoms with Crippen LogP contribution in [0.2, 0.25) is 0 Å². The van der Waals surface area contributed by atoms with E-state index >= 15 is 0 Å². The average molecular weight is 263 g/mol. The highest BCUT2D eigenvalue weighted by Gasteiger charge is 2.39. The first kappa shape index (κ1) is 14.8. The zero-order valence-corrected chi connectivity index (χ0v) is 12.6. The van der Waals surface area contributed by atoms with Crippen molar-refractivity contribution >= 4 is 0 Å². The van der Waals surface area contributed by atoms with E-state index in [4.69, 9.17) is 11.0 Å². The second kappa shape index (κ2) is 6.24. The molecule has 3 nitrogen and oxygen atoms in total. The Morgan fingerprint density at radius 3 is 2.68 bits per heavy atom. The Labute approximate surface area is 118 Å². The predicted molar refractivity (Wildman–Crippen MR) is 78.5 cm³/mol. The summed E-state index contributed by atoms with van der Waals surface area (Å²) in [6.07, 6.45) is 8.99. The zero-order valence-electron chi connectivity index (χ0n) is 12.6. The molecule has 0 saturated heterocycles. The van der Waals surface area contributed by atoms with Crippen LogP contribution in [-0.2, 0) is 0 Å². The van der Waals surface area contributed by atoms with Gasteiger partial charge in [0.1, 0.15) is 5.54 Å². The number of hydrogen-bond donors (Lipinski definition) is 1. The van der Waals surface area contributed by atoms with E-state index in [2.05, 4.69) is 18.0 Å². The number of hydrogen-bond acceptors (Lipinski definition) is 3. The van der Waals surface area contributed by atoms with Crippen LogP contribution in [0, 0.1) is 29.1 Å². The highest BCUT2D eigenvalue weighted by molar-refractivity contribution is 5.00. The maximum absolute atomic E-state index is 8.87. The molecule has 0 spiro atoms. The third-order valence-corrected chi connectivity index (χ3v) is 5.17. The molecule has 2 fully saturated rings. The average Bonchev–Trinajstić information content (AvgIpc) is 2.97. The first-order chi connectivity index (χ1) is 9.00. The topological polar surface area (TPSA) is 53.0 Å². The summed E-state index contributed by atoms with van der Waals surface area (Å²) in [5, 5.41) is 8.87. The number of fused-ring (bicyclic) bond motifs is 2. The van der Waals surface area contributed by atoms with Gasteiger partial charge in [-0.3, -0.25) is 0 Å². The minimum absolute atomic E-state index is 0.636. The molecule has 4 atom stereocenters. The molecule has 0 aliphatic heterocycles. The van der Waals surface area contributed by atoms with Gasteiger partial charge in [-0.25, -0.2) is 0 Å². The smallest absolute Gasteiger partial charge is 0.101 e. The van der Waals surface area contributed by atoms with Crippen molar-refractivity contribution in [3.8, 4) is 6.07 Å². The lowest BCUT2D eigenvalue weighted by Gasteiger charge is -2.27. The monoisotopic (exact) mass is 263 g/mol. The lowest BCUT2D eigenvalue weighted by Crippen LogP contribution is -2.34. The molecule has 2 aliphatic carbocycles. The van der Waals surface area contributed by atoms with Crippen molar-refractivity contribution in [1.29, 1.82) is 5.26 Å². The summed E-state index contributed by atoms with van der Waals surface area (Å²) in [7, 11) is 2.25. The molecule has 0 heterocycles. The fourth-order valence-electron chi connectivity index (χ4n) is 4.02. The molecule has 3 heteroatoms. The quantitative estimate of drug-likeness (QED) is 0.719. The molecule has 0 amide bonds. The van der Waals surface area contributed by atoms with E-state index in [0.29, 0.717) is 0 Å². The summed E-state index contributed by atoms with van der Waals surface area (Å²) in [5.41, 5.74) is 5.20. The highest BCUT2D eigenvalue weighted by atomic mass is 15.1. The highest BCUT2D eigenvalue weighted by Crippen LogP contribution is 2.48. The molecule has 19 heavy (non-hydrogen) atoms. The Morgan fingerprint density at radius 2 is 2.11 bits per heavy atom. The van der Waals surface area contributed by atoms with E-state index < -0.39 is 5.54 Å². The Morgan fingerprint density at radius 1 is 1.32 bits per heavy atom. The minimum Gasteiger partial charge on any atom is -0.314 e. The van der Waals surface area contributed by atoms with Gasteiger partial charge in [0.15, 0.2) is 0 Å². The second-order valence-corrected chi connectivity index (χ2v) is 7.18. The van der Waals surface area contributed by atoms with E-state index in [1.165, 1.54) is 32.2 Å². The molecule has 0 aromatic heterocycles. The SMILES string of the molecule is CN(CCCCC(C)(N)C#N)CC1CC2CCC1C2. The number of nitriles is 1. The number of nitrogens with two attached hydrogens (primary N) is 1. The number of nitrogens with zero attached hydrogens (tertiary/aromatic N) is 2. The Kier molecular flexibility index (Phi) is 4.86. The van der Waals surface area contributed by atoms with Gasteiger partial charge in [-0.05, 0) is 76.8 Å². The molecule has 4 unspecified atom stereocenters. The van der Waals surface area contributed by atoms with Crippen LogP contribution in [0.3, 0.4) is 0 Å². The van der Waals surface area contributed by atoms with Gasteiger partial charge in [-0.15, -0.1) is 0 Å². The van der Waals surface area contributed by atoms with E-state index in [0.717, 1.165) is 43.6 Å². The summed E-state index contributed by atoms with van der Waals surface area (Å²) in [6, 6.07) is 2.17. The van der Waals surface area contributed by atoms with Crippen molar-refractivity contribution in [3.63, 3.8) is 0 Å². The van der Waals surface area contributed by atoms with Crippen LogP contribution < -0.4 is 5.73 Å². The Bertz CT molecular complexity index is 331. The Balaban J connectivity index is 1.58. The first-order valence-electron chi connectivity index (χ1n) is 7.89. The number of unbranched alkanes of at least 4 members (excludes halogenated alkanes) is 1. The van der Waals surface area contributed by atoms with Crippen LogP contribution in [0.1, 0.15) is 51.9 Å². The third-order valence-electron chi connectivity index (χ3n) is 5.17. The molecule has 2 N–H and O–H groups in total. The molecule has 2 aliphatic rings. The van der Waals surface area contributed by atoms with Gasteiger partial charge in [0, 0.05) is 6.54 Å². The Hall–Kier alpha value is -0.590. The fraction of sp³-hybridized carbons (Fsp3) is 0.938. The van der Waals surface area contributed by atoms with Crippen molar-refractivity contribution in [1.82, 2.24) is 4.90 Å². The van der Waals surface area contributed by atoms with Gasteiger partial charge < -0.3 is 10.6 Å². The fourth-order valence-corrected chi connectivity index (χ4v) is 4.02. The molecule has 0 radical (unpaired) electrons. The van der Waals surface area contributed by atoms with E-state index in [1.54, 1.807) is 0 Å². The maximum Gasteiger partial charge on any atom is 0.101 e. The summed E-state index contributed by atoms with van der Waals surface area (Å²) >= 11 is 0. The van der Waals surface area contributed by atoms with Crippen LogP contribution in [0.4, 0.5) is 0 Å². The molecule has 2 saturated carbocycles. The van der Waals surface area contributed by atoms with Gasteiger partial charge in [0.05, 0.1) is 6.07 Å². The second-order valence-electron chi connectivity index (χ2n) is 7.18. The molecule has 2 rings (SSSR count).